The normalized spacial score (nSPS) is 15.4. The Morgan fingerprint density at radius 2 is 1.72 bits per heavy atom. The van der Waals surface area contributed by atoms with Crippen molar-refractivity contribution in [1.29, 1.82) is 0 Å². The lowest BCUT2D eigenvalue weighted by Crippen LogP contribution is -2.53. The molecule has 1 aromatic heterocycles. The number of methoxy groups -OCH3 is 1. The molecular weight excluding hydrogens is 669 g/mol. The third kappa shape index (κ3) is 12.9. The number of hydrogen-bond acceptors (Lipinski definition) is 9. The van der Waals surface area contributed by atoms with Crippen LogP contribution in [0, 0.1) is 11.8 Å². The van der Waals surface area contributed by atoms with E-state index in [1.54, 1.807) is 32.4 Å². The summed E-state index contributed by atoms with van der Waals surface area (Å²) in [4.78, 5) is 80.0. The number of ketones is 1. The molecule has 2 heterocycles. The number of rotatable bonds is 15. The molecule has 5 N–H and O–H groups in total. The van der Waals surface area contributed by atoms with Crippen LogP contribution in [0.3, 0.4) is 0 Å². The molecule has 1 aliphatic rings. The van der Waals surface area contributed by atoms with Crippen molar-refractivity contribution in [1.82, 2.24) is 30.7 Å². The summed E-state index contributed by atoms with van der Waals surface area (Å²) in [5, 5.41) is 16.1. The molecule has 15 nitrogen and oxygen atoms in total. The van der Waals surface area contributed by atoms with E-state index in [9.17, 15) is 37.1 Å². The molecule has 0 radical (unpaired) electrons. The van der Waals surface area contributed by atoms with Crippen LogP contribution < -0.4 is 20.7 Å². The topological polar surface area (TPSA) is 199 Å². The molecule has 1 aromatic carbocycles. The van der Waals surface area contributed by atoms with Gasteiger partial charge in [-0.15, -0.1) is 0 Å². The number of aromatic amines is 1. The number of H-pyrrole nitrogens is 1. The number of carbonyl (C=O) groups excluding carboxylic acids is 5. The van der Waals surface area contributed by atoms with Crippen LogP contribution in [-0.4, -0.2) is 128 Å². The molecule has 0 aliphatic carbocycles. The number of amides is 4. The summed E-state index contributed by atoms with van der Waals surface area (Å²) in [7, 11) is 6.87. The van der Waals surface area contributed by atoms with Crippen molar-refractivity contribution >= 4 is 46.5 Å². The number of hydrogen-bond donors (Lipinski definition) is 5. The van der Waals surface area contributed by atoms with Gasteiger partial charge >= 0.3 is 18.2 Å². The van der Waals surface area contributed by atoms with Gasteiger partial charge in [0.1, 0.15) is 17.5 Å². The van der Waals surface area contributed by atoms with Gasteiger partial charge in [0.15, 0.2) is 12.4 Å². The number of halogens is 3. The second-order valence-corrected chi connectivity index (χ2v) is 12.4. The molecule has 2 aromatic rings. The van der Waals surface area contributed by atoms with E-state index in [2.05, 4.69) is 20.9 Å². The number of aromatic nitrogens is 1. The molecule has 1 saturated heterocycles. The molecule has 0 unspecified atom stereocenters. The number of Topliss-reactive ketones (excluding diaryl/α,β-unsaturated/α-hetero) is 1. The Bertz CT molecular complexity index is 1510. The smallest absolute Gasteiger partial charge is 0.490 e. The first-order valence-corrected chi connectivity index (χ1v) is 15.7. The molecule has 0 bridgehead atoms. The number of benzene rings is 1. The van der Waals surface area contributed by atoms with Crippen molar-refractivity contribution in [2.75, 3.05) is 54.5 Å². The minimum atomic E-state index is -5.08. The number of nitrogens with zero attached hydrogens (tertiary/aromatic N) is 2. The van der Waals surface area contributed by atoms with E-state index < -0.39 is 60.4 Å². The van der Waals surface area contributed by atoms with Crippen LogP contribution in [0.4, 0.5) is 18.0 Å². The minimum Gasteiger partial charge on any atom is -0.496 e. The summed E-state index contributed by atoms with van der Waals surface area (Å²) in [5.41, 5.74) is 0.957. The number of alkyl halides is 3. The minimum absolute atomic E-state index is 0.0345. The van der Waals surface area contributed by atoms with Crippen LogP contribution in [0.1, 0.15) is 43.6 Å². The number of carboxylic acid groups (broad SMARTS) is 1. The van der Waals surface area contributed by atoms with Gasteiger partial charge in [-0.2, -0.15) is 13.2 Å². The number of carboxylic acids is 1. The van der Waals surface area contributed by atoms with Gasteiger partial charge in [0, 0.05) is 43.5 Å². The van der Waals surface area contributed by atoms with Crippen molar-refractivity contribution in [3.63, 3.8) is 0 Å². The molecule has 4 amide bonds. The molecule has 0 saturated carbocycles. The van der Waals surface area contributed by atoms with E-state index in [0.717, 1.165) is 5.39 Å². The van der Waals surface area contributed by atoms with E-state index >= 15 is 0 Å². The Balaban J connectivity index is 0.00000112. The number of fused-ring (bicyclic) bond motifs is 1. The first-order valence-electron chi connectivity index (χ1n) is 15.7. The number of likely N-dealkylation sites (N-methyl/N-ethyl adjacent to an activating group) is 2. The summed E-state index contributed by atoms with van der Waals surface area (Å²) >= 11 is 0. The molecule has 3 atom stereocenters. The lowest BCUT2D eigenvalue weighted by molar-refractivity contribution is -0.192. The fraction of sp³-hybridized carbons (Fsp3) is 0.562. The molecule has 18 heteroatoms. The van der Waals surface area contributed by atoms with Crippen LogP contribution in [-0.2, 0) is 23.9 Å². The zero-order valence-corrected chi connectivity index (χ0v) is 28.8. The van der Waals surface area contributed by atoms with E-state index in [4.69, 9.17) is 19.4 Å². The maximum atomic E-state index is 13.6. The van der Waals surface area contributed by atoms with Crippen molar-refractivity contribution in [3.8, 4) is 5.75 Å². The third-order valence-electron chi connectivity index (χ3n) is 7.58. The Morgan fingerprint density at radius 1 is 1.06 bits per heavy atom. The molecule has 278 valence electrons. The van der Waals surface area contributed by atoms with Crippen molar-refractivity contribution in [3.05, 3.63) is 30.0 Å². The molecule has 0 spiro atoms. The largest absolute Gasteiger partial charge is 0.496 e. The second kappa shape index (κ2) is 18.8. The van der Waals surface area contributed by atoms with Crippen LogP contribution in [0.15, 0.2) is 24.3 Å². The fourth-order valence-corrected chi connectivity index (χ4v) is 4.85. The quantitative estimate of drug-likeness (QED) is 0.182. The van der Waals surface area contributed by atoms with E-state index in [1.165, 1.54) is 4.90 Å². The lowest BCUT2D eigenvalue weighted by atomic mass is 9.95. The number of ether oxygens (including phenoxy) is 2. The molecule has 1 aliphatic heterocycles. The highest BCUT2D eigenvalue weighted by Gasteiger charge is 2.38. The zero-order valence-electron chi connectivity index (χ0n) is 28.8. The van der Waals surface area contributed by atoms with Gasteiger partial charge in [0.2, 0.25) is 11.8 Å². The van der Waals surface area contributed by atoms with Gasteiger partial charge in [-0.1, -0.05) is 19.9 Å². The van der Waals surface area contributed by atoms with Gasteiger partial charge in [0.05, 0.1) is 13.2 Å². The Labute approximate surface area is 287 Å². The predicted octanol–water partition coefficient (Wildman–Crippen LogP) is 2.16. The average molecular weight is 715 g/mol. The molecule has 3 rings (SSSR count). The average Bonchev–Trinajstić information content (AvgIpc) is 3.66. The summed E-state index contributed by atoms with van der Waals surface area (Å²) in [6.07, 6.45) is -4.88. The van der Waals surface area contributed by atoms with Gasteiger partial charge in [-0.25, -0.2) is 9.59 Å². The van der Waals surface area contributed by atoms with Crippen LogP contribution >= 0.6 is 0 Å². The number of aliphatic carboxylic acids is 1. The summed E-state index contributed by atoms with van der Waals surface area (Å²) < 4.78 is 42.3. The standard InChI is InChI=1S/C30H44N6O7.C2HF3O2/c1-18(2)14-23(34-29(40)24-16-20-21(32-24)8-7-9-26(20)42-6)28(39)33-22(15-19-10-11-31-27(19)38)25(37)17-43-30(41)36(5)13-12-35(3)4;3-2(4,5)1(6)7/h7-9,16,18-19,22-23,32H,10-15,17H2,1-6H3,(H,31,38)(H,33,39)(H,34,40);(H,6,7)/t19-,22-,23-;/m0./s1. The monoisotopic (exact) mass is 714 g/mol. The molecule has 50 heavy (non-hydrogen) atoms. The lowest BCUT2D eigenvalue weighted by Gasteiger charge is -2.25. The van der Waals surface area contributed by atoms with E-state index in [-0.39, 0.29) is 23.9 Å². The SMILES string of the molecule is COc1cccc2[nH]c(C(=O)N[C@@H](CC(C)C)C(=O)N[C@@H](C[C@@H]3CCNC3=O)C(=O)COC(=O)N(C)CCN(C)C)cc12.O=C(O)C(F)(F)F. The van der Waals surface area contributed by atoms with Gasteiger partial charge in [0.25, 0.3) is 5.91 Å². The van der Waals surface area contributed by atoms with Crippen LogP contribution in [0.2, 0.25) is 0 Å². The molecular formula is C32H45F3N6O9. The predicted molar refractivity (Wildman–Crippen MR) is 174 cm³/mol. The first kappa shape index (κ1) is 41.3. The highest BCUT2D eigenvalue weighted by molar-refractivity contribution is 6.02. The van der Waals surface area contributed by atoms with Crippen LogP contribution in [0.25, 0.3) is 10.9 Å². The zero-order chi connectivity index (χ0) is 37.8. The summed E-state index contributed by atoms with van der Waals surface area (Å²) in [5.74, 6) is -4.40. The first-order chi connectivity index (χ1) is 23.3. The molecule has 1 fully saturated rings. The van der Waals surface area contributed by atoms with Gasteiger partial charge in [-0.05, 0) is 57.5 Å². The second-order valence-electron chi connectivity index (χ2n) is 12.4. The third-order valence-corrected chi connectivity index (χ3v) is 7.58. The van der Waals surface area contributed by atoms with Gasteiger partial charge in [-0.3, -0.25) is 19.2 Å². The number of nitrogens with one attached hydrogen (secondary N) is 4. The number of carbonyl (C=O) groups is 6. The van der Waals surface area contributed by atoms with Crippen molar-refractivity contribution < 1.29 is 56.5 Å². The highest BCUT2D eigenvalue weighted by atomic mass is 19.4. The summed E-state index contributed by atoms with van der Waals surface area (Å²) in [6.45, 7) is 4.76. The maximum absolute atomic E-state index is 13.6. The van der Waals surface area contributed by atoms with Crippen molar-refractivity contribution in [2.24, 2.45) is 11.8 Å². The summed E-state index contributed by atoms with van der Waals surface area (Å²) in [6, 6.07) is 5.00. The van der Waals surface area contributed by atoms with E-state index in [1.807, 2.05) is 38.9 Å². The van der Waals surface area contributed by atoms with Gasteiger partial charge < -0.3 is 45.3 Å². The van der Waals surface area contributed by atoms with Crippen LogP contribution in [0.5, 0.6) is 5.75 Å². The highest BCUT2D eigenvalue weighted by Crippen LogP contribution is 2.26. The van der Waals surface area contributed by atoms with Crippen molar-refractivity contribution in [2.45, 2.75) is 51.4 Å². The Hall–Kier alpha value is -4.87. The Kier molecular flexibility index (Phi) is 15.5. The van der Waals surface area contributed by atoms with E-state index in [0.29, 0.717) is 43.7 Å². The Morgan fingerprint density at radius 3 is 2.26 bits per heavy atom. The fourth-order valence-electron chi connectivity index (χ4n) is 4.85. The maximum Gasteiger partial charge on any atom is 0.490 e.